The van der Waals surface area contributed by atoms with Gasteiger partial charge in [-0.1, -0.05) is 34.1 Å². The summed E-state index contributed by atoms with van der Waals surface area (Å²) in [5.74, 6) is -0.193. The van der Waals surface area contributed by atoms with Crippen molar-refractivity contribution in [3.63, 3.8) is 0 Å². The van der Waals surface area contributed by atoms with E-state index in [-0.39, 0.29) is 11.9 Å². The van der Waals surface area contributed by atoms with Crippen LogP contribution < -0.4 is 5.32 Å². The Morgan fingerprint density at radius 1 is 1.03 bits per heavy atom. The fraction of sp³-hybridized carbons (Fsp3) is 0.231. The van der Waals surface area contributed by atoms with E-state index in [1.54, 1.807) is 30.5 Å². The minimum atomic E-state index is -0.575. The normalized spacial score (nSPS) is 15.6. The second-order valence-electron chi connectivity index (χ2n) is 8.88. The lowest BCUT2D eigenvalue weighted by atomic mass is 10.0. The zero-order valence-electron chi connectivity index (χ0n) is 19.2. The minimum absolute atomic E-state index is 0.193. The van der Waals surface area contributed by atoms with Crippen LogP contribution in [-0.4, -0.2) is 33.3 Å². The number of hydrogen-bond donors (Lipinski definition) is 1. The Balaban J connectivity index is 1.57. The maximum absolute atomic E-state index is 13.3. The number of hydrazone groups is 1. The molecular formula is C26H25BrN4O3. The van der Waals surface area contributed by atoms with Crippen LogP contribution in [0.2, 0.25) is 0 Å². The van der Waals surface area contributed by atoms with Crippen molar-refractivity contribution in [2.45, 2.75) is 38.8 Å². The van der Waals surface area contributed by atoms with E-state index < -0.39 is 11.7 Å². The highest BCUT2D eigenvalue weighted by Gasteiger charge is 2.34. The van der Waals surface area contributed by atoms with Gasteiger partial charge < -0.3 is 4.74 Å². The first-order valence-corrected chi connectivity index (χ1v) is 11.7. The molecule has 8 heteroatoms. The number of benzene rings is 2. The van der Waals surface area contributed by atoms with Crippen LogP contribution in [-0.2, 0) is 4.74 Å². The van der Waals surface area contributed by atoms with Crippen LogP contribution in [0.15, 0.2) is 82.5 Å². The van der Waals surface area contributed by atoms with Gasteiger partial charge in [-0.05, 0) is 74.9 Å². The van der Waals surface area contributed by atoms with Gasteiger partial charge in [-0.25, -0.2) is 9.80 Å². The smallest absolute Gasteiger partial charge is 0.412 e. The van der Waals surface area contributed by atoms with Gasteiger partial charge in [0, 0.05) is 28.3 Å². The maximum atomic E-state index is 13.3. The molecular weight excluding hydrogens is 496 g/mol. The van der Waals surface area contributed by atoms with Crippen molar-refractivity contribution in [3.05, 3.63) is 94.2 Å². The Kier molecular flexibility index (Phi) is 6.79. The lowest BCUT2D eigenvalue weighted by Crippen LogP contribution is -2.27. The fourth-order valence-corrected chi connectivity index (χ4v) is 3.83. The quantitative estimate of drug-likeness (QED) is 0.444. The third-order valence-electron chi connectivity index (χ3n) is 5.10. The summed E-state index contributed by atoms with van der Waals surface area (Å²) in [5.41, 5.74) is 2.99. The van der Waals surface area contributed by atoms with E-state index in [1.807, 2.05) is 63.2 Å². The average molecular weight is 521 g/mol. The highest BCUT2D eigenvalue weighted by Crippen LogP contribution is 2.33. The van der Waals surface area contributed by atoms with E-state index in [1.165, 1.54) is 5.01 Å². The van der Waals surface area contributed by atoms with Gasteiger partial charge in [0.25, 0.3) is 5.91 Å². The largest absolute Gasteiger partial charge is 0.444 e. The molecule has 7 nitrogen and oxygen atoms in total. The number of carbonyl (C=O) groups is 2. The van der Waals surface area contributed by atoms with Crippen molar-refractivity contribution in [2.24, 2.45) is 5.10 Å². The van der Waals surface area contributed by atoms with Gasteiger partial charge in [0.1, 0.15) is 11.6 Å². The van der Waals surface area contributed by atoms with Gasteiger partial charge in [0.05, 0.1) is 11.4 Å². The number of aromatic nitrogens is 1. The molecule has 0 radical (unpaired) electrons. The third kappa shape index (κ3) is 5.69. The van der Waals surface area contributed by atoms with E-state index in [0.29, 0.717) is 17.7 Å². The first-order chi connectivity index (χ1) is 16.2. The number of hydrogen-bond acceptors (Lipinski definition) is 5. The Bertz CT molecular complexity index is 1200. The van der Waals surface area contributed by atoms with E-state index >= 15 is 0 Å². The Hall–Kier alpha value is -3.52. The van der Waals surface area contributed by atoms with Crippen molar-refractivity contribution in [1.82, 2.24) is 9.99 Å². The number of amides is 2. The van der Waals surface area contributed by atoms with Crippen LogP contribution in [0, 0.1) is 0 Å². The molecule has 1 atom stereocenters. The zero-order chi connectivity index (χ0) is 24.3. The predicted molar refractivity (Wildman–Crippen MR) is 135 cm³/mol. The molecule has 0 saturated heterocycles. The number of nitrogens with one attached hydrogen (secondary N) is 1. The predicted octanol–water partition coefficient (Wildman–Crippen LogP) is 6.18. The number of nitrogens with zero attached hydrogens (tertiary/aromatic N) is 3. The van der Waals surface area contributed by atoms with Crippen LogP contribution in [0.4, 0.5) is 10.5 Å². The van der Waals surface area contributed by atoms with Gasteiger partial charge in [0.2, 0.25) is 0 Å². The summed E-state index contributed by atoms with van der Waals surface area (Å²) in [6.45, 7) is 5.44. The number of carbonyl (C=O) groups excluding carboxylic acids is 2. The van der Waals surface area contributed by atoms with Crippen molar-refractivity contribution in [1.29, 1.82) is 0 Å². The lowest BCUT2D eigenvalue weighted by molar-refractivity contribution is 0.0635. The van der Waals surface area contributed by atoms with E-state index in [9.17, 15) is 9.59 Å². The summed E-state index contributed by atoms with van der Waals surface area (Å²) in [6, 6.07) is 19.9. The van der Waals surface area contributed by atoms with Crippen LogP contribution in [0.25, 0.3) is 0 Å². The first-order valence-electron chi connectivity index (χ1n) is 10.9. The average Bonchev–Trinajstić information content (AvgIpc) is 3.24. The van der Waals surface area contributed by atoms with Crippen molar-refractivity contribution in [3.8, 4) is 0 Å². The Morgan fingerprint density at radius 3 is 2.35 bits per heavy atom. The minimum Gasteiger partial charge on any atom is -0.444 e. The number of rotatable bonds is 4. The molecule has 4 rings (SSSR count). The summed E-state index contributed by atoms with van der Waals surface area (Å²) in [4.78, 5) is 29.8. The molecule has 2 aromatic carbocycles. The third-order valence-corrected chi connectivity index (χ3v) is 5.63. The van der Waals surface area contributed by atoms with Gasteiger partial charge in [0.15, 0.2) is 0 Å². The maximum Gasteiger partial charge on any atom is 0.412 e. The highest BCUT2D eigenvalue weighted by molar-refractivity contribution is 9.10. The Morgan fingerprint density at radius 2 is 1.74 bits per heavy atom. The molecule has 3 aromatic rings. The summed E-state index contributed by atoms with van der Waals surface area (Å²) in [6.07, 6.45) is 1.73. The van der Waals surface area contributed by atoms with Crippen molar-refractivity contribution >= 4 is 39.3 Å². The number of halogens is 1. The molecule has 174 valence electrons. The van der Waals surface area contributed by atoms with E-state index in [0.717, 1.165) is 21.4 Å². The SMILES string of the molecule is CC(C)(C)OC(=O)Nc1ccc(C2=NN(C(=O)c3ccc(Br)cc3)C(c3ccccn3)C2)cc1. The number of anilines is 1. The molecule has 1 aromatic heterocycles. The molecule has 1 unspecified atom stereocenters. The first kappa shape index (κ1) is 23.6. The second-order valence-corrected chi connectivity index (χ2v) is 9.80. The van der Waals surface area contributed by atoms with Gasteiger partial charge in [-0.2, -0.15) is 5.10 Å². The number of pyridine rings is 1. The highest BCUT2D eigenvalue weighted by atomic mass is 79.9. The van der Waals surface area contributed by atoms with E-state index in [4.69, 9.17) is 9.84 Å². The molecule has 0 saturated carbocycles. The zero-order valence-corrected chi connectivity index (χ0v) is 20.7. The van der Waals surface area contributed by atoms with E-state index in [2.05, 4.69) is 26.2 Å². The van der Waals surface area contributed by atoms with Crippen molar-refractivity contribution in [2.75, 3.05) is 5.32 Å². The summed E-state index contributed by atoms with van der Waals surface area (Å²) < 4.78 is 6.20. The van der Waals surface area contributed by atoms with Crippen LogP contribution >= 0.6 is 15.9 Å². The molecule has 1 aliphatic heterocycles. The summed E-state index contributed by atoms with van der Waals surface area (Å²) in [5, 5.41) is 8.92. The molecule has 1 aliphatic rings. The molecule has 0 bridgehead atoms. The molecule has 2 amide bonds. The molecule has 34 heavy (non-hydrogen) atoms. The monoisotopic (exact) mass is 520 g/mol. The standard InChI is InChI=1S/C26H25BrN4O3/c1-26(2,3)34-25(33)29-20-13-9-17(10-14-20)22-16-23(21-6-4-5-15-28-21)31(30-22)24(32)18-7-11-19(27)12-8-18/h4-15,23H,16H2,1-3H3,(H,29,33). The molecule has 0 fully saturated rings. The Labute approximate surface area is 207 Å². The number of ether oxygens (including phenoxy) is 1. The molecule has 2 heterocycles. The fourth-order valence-electron chi connectivity index (χ4n) is 3.57. The summed E-state index contributed by atoms with van der Waals surface area (Å²) >= 11 is 3.41. The lowest BCUT2D eigenvalue weighted by Gasteiger charge is -2.21. The van der Waals surface area contributed by atoms with Gasteiger partial charge >= 0.3 is 6.09 Å². The van der Waals surface area contributed by atoms with Crippen molar-refractivity contribution < 1.29 is 14.3 Å². The molecule has 0 aliphatic carbocycles. The van der Waals surface area contributed by atoms with Crippen LogP contribution in [0.5, 0.6) is 0 Å². The van der Waals surface area contributed by atoms with Gasteiger partial charge in [-0.15, -0.1) is 0 Å². The second kappa shape index (κ2) is 9.77. The van der Waals surface area contributed by atoms with Crippen LogP contribution in [0.3, 0.4) is 0 Å². The summed E-state index contributed by atoms with van der Waals surface area (Å²) in [7, 11) is 0. The van der Waals surface area contributed by atoms with Gasteiger partial charge in [-0.3, -0.25) is 15.1 Å². The molecule has 1 N–H and O–H groups in total. The van der Waals surface area contributed by atoms with Crippen LogP contribution in [0.1, 0.15) is 54.8 Å². The molecule has 0 spiro atoms. The topological polar surface area (TPSA) is 83.9 Å².